The zero-order valence-electron chi connectivity index (χ0n) is 17.7. The van der Waals surface area contributed by atoms with Gasteiger partial charge in [0.1, 0.15) is 0 Å². The molecule has 0 radical (unpaired) electrons. The molecule has 0 aromatic heterocycles. The lowest BCUT2D eigenvalue weighted by Gasteiger charge is -2.27. The molecule has 29 heavy (non-hydrogen) atoms. The lowest BCUT2D eigenvalue weighted by Crippen LogP contribution is -2.41. The van der Waals surface area contributed by atoms with Crippen LogP contribution in [-0.2, 0) is 11.3 Å². The van der Waals surface area contributed by atoms with Crippen molar-refractivity contribution in [3.05, 3.63) is 35.4 Å². The summed E-state index contributed by atoms with van der Waals surface area (Å²) in [6.07, 6.45) is 5.80. The number of benzene rings is 1. The molecule has 3 aliphatic rings. The number of ether oxygens (including phenoxy) is 1. The summed E-state index contributed by atoms with van der Waals surface area (Å²) >= 11 is 0. The maximum Gasteiger partial charge on any atom is 0.253 e. The molecule has 1 atom stereocenters. The largest absolute Gasteiger partial charge is 0.381 e. The molecule has 4 rings (SSSR count). The van der Waals surface area contributed by atoms with E-state index in [1.165, 1.54) is 12.8 Å². The molecule has 1 unspecified atom stereocenters. The molecule has 3 heterocycles. The number of amides is 1. The van der Waals surface area contributed by atoms with Crippen LogP contribution < -0.4 is 5.32 Å². The first-order chi connectivity index (χ1) is 14.2. The summed E-state index contributed by atoms with van der Waals surface area (Å²) < 4.78 is 5.66. The van der Waals surface area contributed by atoms with Crippen LogP contribution in [0.15, 0.2) is 29.3 Å². The second-order valence-electron chi connectivity index (χ2n) is 8.70. The summed E-state index contributed by atoms with van der Waals surface area (Å²) in [5, 5.41) is 3.45. The molecular formula is C23H34N4O2. The van der Waals surface area contributed by atoms with Crippen LogP contribution in [0.25, 0.3) is 0 Å². The van der Waals surface area contributed by atoms with Crippen LogP contribution in [0.3, 0.4) is 0 Å². The van der Waals surface area contributed by atoms with Gasteiger partial charge in [0.05, 0.1) is 13.2 Å². The number of aliphatic imine (C=N–C) groups is 1. The predicted molar refractivity (Wildman–Crippen MR) is 115 cm³/mol. The van der Waals surface area contributed by atoms with Crippen LogP contribution in [0, 0.1) is 5.41 Å². The fourth-order valence-electron chi connectivity index (χ4n) is 4.76. The van der Waals surface area contributed by atoms with Gasteiger partial charge in [-0.25, -0.2) is 4.99 Å². The Balaban J connectivity index is 1.43. The zero-order chi connectivity index (χ0) is 20.1. The Labute approximate surface area is 174 Å². The van der Waals surface area contributed by atoms with E-state index in [2.05, 4.69) is 23.2 Å². The van der Waals surface area contributed by atoms with Crippen molar-refractivity contribution in [3.63, 3.8) is 0 Å². The van der Waals surface area contributed by atoms with E-state index in [1.54, 1.807) is 0 Å². The first kappa shape index (κ1) is 20.2. The molecule has 0 aliphatic carbocycles. The third-order valence-electron chi connectivity index (χ3n) is 6.49. The van der Waals surface area contributed by atoms with E-state index in [0.717, 1.165) is 82.3 Å². The SMILES string of the molecule is CCNC(=NCc1cccc(C(=O)N2CCCCC2)c1)N1CCC2(CCOC2)C1. The van der Waals surface area contributed by atoms with Gasteiger partial charge in [-0.3, -0.25) is 4.79 Å². The van der Waals surface area contributed by atoms with Crippen LogP contribution >= 0.6 is 0 Å². The van der Waals surface area contributed by atoms with Gasteiger partial charge in [0.15, 0.2) is 5.96 Å². The Morgan fingerprint density at radius 3 is 2.79 bits per heavy atom. The van der Waals surface area contributed by atoms with Crippen molar-refractivity contribution in [2.24, 2.45) is 10.4 Å². The third-order valence-corrected chi connectivity index (χ3v) is 6.49. The number of rotatable bonds is 4. The van der Waals surface area contributed by atoms with Crippen LogP contribution in [0.1, 0.15) is 54.9 Å². The second-order valence-corrected chi connectivity index (χ2v) is 8.70. The van der Waals surface area contributed by atoms with Crippen molar-refractivity contribution >= 4 is 11.9 Å². The maximum atomic E-state index is 12.8. The molecule has 3 aliphatic heterocycles. The van der Waals surface area contributed by atoms with Crippen LogP contribution in [0.2, 0.25) is 0 Å². The minimum atomic E-state index is 0.158. The Morgan fingerprint density at radius 2 is 2.03 bits per heavy atom. The topological polar surface area (TPSA) is 57.2 Å². The van der Waals surface area contributed by atoms with Gasteiger partial charge in [-0.05, 0) is 56.7 Å². The van der Waals surface area contributed by atoms with Gasteiger partial charge in [-0.1, -0.05) is 12.1 Å². The van der Waals surface area contributed by atoms with Crippen molar-refractivity contribution in [1.29, 1.82) is 0 Å². The Kier molecular flexibility index (Phi) is 6.38. The number of hydrogen-bond donors (Lipinski definition) is 1. The van der Waals surface area contributed by atoms with Crippen LogP contribution in [0.4, 0.5) is 0 Å². The van der Waals surface area contributed by atoms with Crippen molar-refractivity contribution in [1.82, 2.24) is 15.1 Å². The van der Waals surface area contributed by atoms with Crippen LogP contribution in [0.5, 0.6) is 0 Å². The normalized spacial score (nSPS) is 25.1. The molecule has 0 bridgehead atoms. The number of likely N-dealkylation sites (tertiary alicyclic amines) is 2. The minimum absolute atomic E-state index is 0.158. The minimum Gasteiger partial charge on any atom is -0.381 e. The summed E-state index contributed by atoms with van der Waals surface area (Å²) in [7, 11) is 0. The summed E-state index contributed by atoms with van der Waals surface area (Å²) in [5.41, 5.74) is 2.19. The molecule has 6 nitrogen and oxygen atoms in total. The molecule has 3 saturated heterocycles. The van der Waals surface area contributed by atoms with E-state index >= 15 is 0 Å². The Bertz CT molecular complexity index is 736. The number of carbonyl (C=O) groups is 1. The Morgan fingerprint density at radius 1 is 1.17 bits per heavy atom. The molecule has 1 spiro atoms. The summed E-state index contributed by atoms with van der Waals surface area (Å²) in [6.45, 7) is 9.13. The quantitative estimate of drug-likeness (QED) is 0.626. The van der Waals surface area contributed by atoms with E-state index in [-0.39, 0.29) is 5.91 Å². The highest BCUT2D eigenvalue weighted by Gasteiger charge is 2.42. The van der Waals surface area contributed by atoms with E-state index in [1.807, 2.05) is 23.1 Å². The molecule has 1 aromatic carbocycles. The smallest absolute Gasteiger partial charge is 0.253 e. The third kappa shape index (κ3) is 4.74. The predicted octanol–water partition coefficient (Wildman–Crippen LogP) is 2.89. The summed E-state index contributed by atoms with van der Waals surface area (Å²) in [4.78, 5) is 22.1. The van der Waals surface area contributed by atoms with Crippen molar-refractivity contribution in [3.8, 4) is 0 Å². The first-order valence-corrected chi connectivity index (χ1v) is 11.2. The van der Waals surface area contributed by atoms with Gasteiger partial charge in [0.2, 0.25) is 0 Å². The fraction of sp³-hybridized carbons (Fsp3) is 0.652. The standard InChI is InChI=1S/C23H34N4O2/c1-2-24-22(27-13-9-23(17-27)10-14-29-18-23)25-16-19-7-6-8-20(15-19)21(28)26-11-4-3-5-12-26/h6-8,15H,2-5,9-14,16-18H2,1H3,(H,24,25). The Hall–Kier alpha value is -2.08. The van der Waals surface area contributed by atoms with E-state index in [0.29, 0.717) is 12.0 Å². The van der Waals surface area contributed by atoms with Gasteiger partial charge in [0, 0.05) is 50.3 Å². The number of nitrogens with zero attached hydrogens (tertiary/aromatic N) is 3. The van der Waals surface area contributed by atoms with E-state index in [4.69, 9.17) is 9.73 Å². The van der Waals surface area contributed by atoms with Gasteiger partial charge >= 0.3 is 0 Å². The average molecular weight is 399 g/mol. The lowest BCUT2D eigenvalue weighted by atomic mass is 9.87. The van der Waals surface area contributed by atoms with Gasteiger partial charge in [-0.2, -0.15) is 0 Å². The molecule has 0 saturated carbocycles. The molecule has 1 aromatic rings. The molecule has 3 fully saturated rings. The van der Waals surface area contributed by atoms with Gasteiger partial charge < -0.3 is 19.9 Å². The number of nitrogens with one attached hydrogen (secondary N) is 1. The molecule has 1 amide bonds. The molecule has 158 valence electrons. The summed E-state index contributed by atoms with van der Waals surface area (Å²) in [6, 6.07) is 7.99. The zero-order valence-corrected chi connectivity index (χ0v) is 17.7. The van der Waals surface area contributed by atoms with Crippen molar-refractivity contribution in [2.75, 3.05) is 45.9 Å². The highest BCUT2D eigenvalue weighted by atomic mass is 16.5. The van der Waals surface area contributed by atoms with E-state index in [9.17, 15) is 4.79 Å². The van der Waals surface area contributed by atoms with Crippen LogP contribution in [-0.4, -0.2) is 67.6 Å². The van der Waals surface area contributed by atoms with Crippen molar-refractivity contribution < 1.29 is 9.53 Å². The summed E-state index contributed by atoms with van der Waals surface area (Å²) in [5.74, 6) is 1.13. The first-order valence-electron chi connectivity index (χ1n) is 11.2. The van der Waals surface area contributed by atoms with E-state index < -0.39 is 0 Å². The number of carbonyl (C=O) groups excluding carboxylic acids is 1. The maximum absolute atomic E-state index is 12.8. The fourth-order valence-corrected chi connectivity index (χ4v) is 4.76. The average Bonchev–Trinajstić information content (AvgIpc) is 3.41. The van der Waals surface area contributed by atoms with Gasteiger partial charge in [-0.15, -0.1) is 0 Å². The number of guanidine groups is 1. The van der Waals surface area contributed by atoms with Crippen molar-refractivity contribution in [2.45, 2.75) is 45.6 Å². The molecule has 1 N–H and O–H groups in total. The second kappa shape index (κ2) is 9.16. The molecule has 6 heteroatoms. The molecular weight excluding hydrogens is 364 g/mol. The number of piperidine rings is 1. The lowest BCUT2D eigenvalue weighted by molar-refractivity contribution is 0.0724. The highest BCUT2D eigenvalue weighted by molar-refractivity contribution is 5.94. The monoisotopic (exact) mass is 398 g/mol. The number of hydrogen-bond acceptors (Lipinski definition) is 3. The van der Waals surface area contributed by atoms with Gasteiger partial charge in [0.25, 0.3) is 5.91 Å². The highest BCUT2D eigenvalue weighted by Crippen LogP contribution is 2.38.